The fourth-order valence-corrected chi connectivity index (χ4v) is 0.700. The minimum Gasteiger partial charge on any atom is -0.353 e. The van der Waals surface area contributed by atoms with E-state index >= 15 is 0 Å². The van der Waals surface area contributed by atoms with E-state index in [1.807, 2.05) is 13.2 Å². The van der Waals surface area contributed by atoms with Crippen molar-refractivity contribution < 1.29 is 4.79 Å². The monoisotopic (exact) mass is 142 g/mol. The average molecular weight is 142 g/mol. The zero-order valence-electron chi connectivity index (χ0n) is 5.72. The van der Waals surface area contributed by atoms with Crippen molar-refractivity contribution in [2.24, 2.45) is 0 Å². The van der Waals surface area contributed by atoms with Crippen molar-refractivity contribution in [1.82, 2.24) is 21.3 Å². The van der Waals surface area contributed by atoms with Crippen molar-refractivity contribution in [3.8, 4) is 0 Å². The van der Waals surface area contributed by atoms with Gasteiger partial charge in [0.1, 0.15) is 0 Å². The molecule has 5 nitrogen and oxygen atoms in total. The molecule has 0 aromatic rings. The Kier molecular flexibility index (Phi) is 2.11. The molecule has 0 saturated carbocycles. The summed E-state index contributed by atoms with van der Waals surface area (Å²) in [5.41, 5.74) is 6.61. The summed E-state index contributed by atoms with van der Waals surface area (Å²) in [5.74, 6) is 0. The average Bonchev–Trinajstić information content (AvgIpc) is 2.31. The molecule has 0 saturated heterocycles. The summed E-state index contributed by atoms with van der Waals surface area (Å²) in [6.45, 7) is 0.529. The largest absolute Gasteiger partial charge is 0.353 e. The molecule has 0 spiro atoms. The molecule has 1 amide bonds. The van der Waals surface area contributed by atoms with Crippen LogP contribution in [-0.2, 0) is 4.79 Å². The lowest BCUT2D eigenvalue weighted by atomic mass is 10.5. The molecule has 0 aliphatic carbocycles. The maximum Gasteiger partial charge on any atom is 0.207 e. The molecule has 1 aliphatic rings. The third-order valence-corrected chi connectivity index (χ3v) is 1.12. The van der Waals surface area contributed by atoms with Crippen LogP contribution < -0.4 is 16.3 Å². The van der Waals surface area contributed by atoms with E-state index < -0.39 is 0 Å². The summed E-state index contributed by atoms with van der Waals surface area (Å²) < 4.78 is 0. The Hall–Kier alpha value is -1.23. The van der Waals surface area contributed by atoms with Crippen LogP contribution in [0, 0.1) is 0 Å². The molecule has 1 aliphatic heterocycles. The molecule has 1 heterocycles. The van der Waals surface area contributed by atoms with Gasteiger partial charge in [-0.1, -0.05) is 0 Å². The van der Waals surface area contributed by atoms with Gasteiger partial charge in [-0.15, -0.1) is 5.53 Å². The summed E-state index contributed by atoms with van der Waals surface area (Å²) in [5, 5.41) is 4.30. The third-order valence-electron chi connectivity index (χ3n) is 1.12. The first-order valence-electron chi connectivity index (χ1n) is 2.95. The van der Waals surface area contributed by atoms with Gasteiger partial charge in [-0.05, 0) is 0 Å². The fourth-order valence-electron chi connectivity index (χ4n) is 0.700. The van der Waals surface area contributed by atoms with E-state index in [-0.39, 0.29) is 0 Å². The van der Waals surface area contributed by atoms with Crippen LogP contribution in [-0.4, -0.2) is 25.0 Å². The topological polar surface area (TPSA) is 56.4 Å². The Bertz CT molecular complexity index is 156. The maximum absolute atomic E-state index is 9.84. The van der Waals surface area contributed by atoms with Crippen molar-refractivity contribution in [1.29, 1.82) is 0 Å². The molecular formula is C5H10N4O. The second-order valence-corrected chi connectivity index (χ2v) is 2.00. The molecule has 10 heavy (non-hydrogen) atoms. The molecule has 0 fully saturated rings. The third kappa shape index (κ3) is 1.63. The molecule has 0 radical (unpaired) electrons. The van der Waals surface area contributed by atoms with E-state index in [0.717, 1.165) is 5.70 Å². The normalized spacial score (nSPS) is 16.1. The predicted octanol–water partition coefficient (Wildman–Crippen LogP) is -1.47. The Morgan fingerprint density at radius 2 is 2.70 bits per heavy atom. The van der Waals surface area contributed by atoms with Crippen molar-refractivity contribution >= 4 is 6.41 Å². The van der Waals surface area contributed by atoms with Gasteiger partial charge >= 0.3 is 0 Å². The van der Waals surface area contributed by atoms with Gasteiger partial charge in [0.15, 0.2) is 0 Å². The highest BCUT2D eigenvalue weighted by atomic mass is 16.1. The zero-order chi connectivity index (χ0) is 7.40. The van der Waals surface area contributed by atoms with E-state index in [1.165, 1.54) is 0 Å². The van der Waals surface area contributed by atoms with Gasteiger partial charge in [0.05, 0.1) is 12.2 Å². The first-order chi connectivity index (χ1) is 4.83. The van der Waals surface area contributed by atoms with Crippen molar-refractivity contribution in [3.63, 3.8) is 0 Å². The highest BCUT2D eigenvalue weighted by molar-refractivity contribution is 5.46. The van der Waals surface area contributed by atoms with Crippen LogP contribution >= 0.6 is 0 Å². The number of carbonyl (C=O) groups is 1. The molecule has 0 bridgehead atoms. The van der Waals surface area contributed by atoms with Crippen molar-refractivity contribution in [3.05, 3.63) is 11.9 Å². The Morgan fingerprint density at radius 3 is 3.20 bits per heavy atom. The number of carbonyl (C=O) groups excluding carboxylic acids is 1. The second kappa shape index (κ2) is 3.07. The van der Waals surface area contributed by atoms with Crippen LogP contribution in [0.2, 0.25) is 0 Å². The molecular weight excluding hydrogens is 132 g/mol. The van der Waals surface area contributed by atoms with Gasteiger partial charge in [0.2, 0.25) is 6.41 Å². The van der Waals surface area contributed by atoms with E-state index in [0.29, 0.717) is 13.0 Å². The number of nitrogens with zero attached hydrogens (tertiary/aromatic N) is 1. The van der Waals surface area contributed by atoms with Gasteiger partial charge in [-0.3, -0.25) is 9.80 Å². The highest BCUT2D eigenvalue weighted by Gasteiger charge is 2.04. The van der Waals surface area contributed by atoms with Crippen LogP contribution in [0.5, 0.6) is 0 Å². The second-order valence-electron chi connectivity index (χ2n) is 2.00. The lowest BCUT2D eigenvalue weighted by Gasteiger charge is -2.05. The molecule has 0 aromatic heterocycles. The van der Waals surface area contributed by atoms with Crippen LogP contribution in [0.15, 0.2) is 11.9 Å². The summed E-state index contributed by atoms with van der Waals surface area (Å²) in [7, 11) is 1.86. The van der Waals surface area contributed by atoms with E-state index in [9.17, 15) is 4.79 Å². The zero-order valence-corrected chi connectivity index (χ0v) is 5.72. The number of hydrazine groups is 2. The fraction of sp³-hybridized carbons (Fsp3) is 0.400. The summed E-state index contributed by atoms with van der Waals surface area (Å²) >= 11 is 0. The molecule has 0 aromatic carbocycles. The van der Waals surface area contributed by atoms with Gasteiger partial charge in [-0.2, -0.15) is 0 Å². The van der Waals surface area contributed by atoms with Crippen LogP contribution in [0.4, 0.5) is 0 Å². The molecule has 56 valence electrons. The summed E-state index contributed by atoms with van der Waals surface area (Å²) in [4.78, 5) is 9.84. The maximum atomic E-state index is 9.84. The van der Waals surface area contributed by atoms with Gasteiger partial charge < -0.3 is 10.7 Å². The Labute approximate surface area is 59.0 Å². The molecule has 1 rings (SSSR count). The molecule has 0 atom stereocenters. The van der Waals surface area contributed by atoms with Gasteiger partial charge in [-0.25, -0.2) is 0 Å². The predicted molar refractivity (Wildman–Crippen MR) is 36.2 cm³/mol. The first kappa shape index (κ1) is 6.88. The molecule has 3 N–H and O–H groups in total. The van der Waals surface area contributed by atoms with E-state index in [1.54, 1.807) is 5.01 Å². The minimum atomic E-state index is 0.529. The molecule has 0 unspecified atom stereocenters. The van der Waals surface area contributed by atoms with Crippen LogP contribution in [0.25, 0.3) is 0 Å². The number of amides is 1. The lowest BCUT2D eigenvalue weighted by molar-refractivity contribution is -0.109. The number of rotatable bonds is 3. The van der Waals surface area contributed by atoms with Crippen LogP contribution in [0.1, 0.15) is 0 Å². The number of hydrogen-bond donors (Lipinski definition) is 3. The Morgan fingerprint density at radius 1 is 1.90 bits per heavy atom. The van der Waals surface area contributed by atoms with Gasteiger partial charge in [0.25, 0.3) is 0 Å². The lowest BCUT2D eigenvalue weighted by Crippen LogP contribution is -2.35. The van der Waals surface area contributed by atoms with Crippen LogP contribution in [0.3, 0.4) is 0 Å². The minimum absolute atomic E-state index is 0.529. The van der Waals surface area contributed by atoms with Gasteiger partial charge in [0, 0.05) is 13.2 Å². The highest BCUT2D eigenvalue weighted by Crippen LogP contribution is 1.92. The number of hydrogen-bond acceptors (Lipinski definition) is 4. The summed E-state index contributed by atoms with van der Waals surface area (Å²) in [6, 6.07) is 0. The first-order valence-corrected chi connectivity index (χ1v) is 2.95. The SMILES string of the molecule is CN1C=C(CNC=O)NN1. The van der Waals surface area contributed by atoms with Crippen molar-refractivity contribution in [2.75, 3.05) is 13.6 Å². The summed E-state index contributed by atoms with van der Waals surface area (Å²) in [6.07, 6.45) is 2.53. The van der Waals surface area contributed by atoms with E-state index in [2.05, 4.69) is 16.3 Å². The number of nitrogens with one attached hydrogen (secondary N) is 3. The standard InChI is InChI=1S/C5H10N4O/c1-9-3-5(7-8-9)2-6-4-10/h3-4,7-8H,2H2,1H3,(H,6,10). The van der Waals surface area contributed by atoms with Crippen molar-refractivity contribution in [2.45, 2.75) is 0 Å². The Balaban J connectivity index is 2.28. The quantitative estimate of drug-likeness (QED) is 0.421. The molecule has 5 heteroatoms. The van der Waals surface area contributed by atoms with E-state index in [4.69, 9.17) is 0 Å². The smallest absolute Gasteiger partial charge is 0.207 e.